The van der Waals surface area contributed by atoms with Crippen LogP contribution in [0.2, 0.25) is 0 Å². The van der Waals surface area contributed by atoms with Crippen molar-refractivity contribution >= 4 is 29.8 Å². The fraction of sp³-hybridized carbons (Fsp3) is 0.185. The molecule has 1 aliphatic heterocycles. The maximum Gasteiger partial charge on any atom is 0.308 e. The molecule has 0 saturated carbocycles. The number of aldehydes is 1. The van der Waals surface area contributed by atoms with Gasteiger partial charge in [-0.25, -0.2) is 4.90 Å². The smallest absolute Gasteiger partial charge is 0.308 e. The molecule has 162 valence electrons. The fourth-order valence-electron chi connectivity index (χ4n) is 6.14. The Morgan fingerprint density at radius 1 is 0.909 bits per heavy atom. The van der Waals surface area contributed by atoms with Crippen LogP contribution in [0.3, 0.4) is 0 Å². The number of carbonyl (C=O) groups excluding carboxylic acids is 4. The summed E-state index contributed by atoms with van der Waals surface area (Å²) in [7, 11) is 0. The lowest BCUT2D eigenvalue weighted by Crippen LogP contribution is -2.54. The number of esters is 1. The van der Waals surface area contributed by atoms with Crippen LogP contribution in [0, 0.1) is 11.8 Å². The molecule has 2 amide bonds. The second-order valence-electron chi connectivity index (χ2n) is 8.75. The first-order valence-corrected chi connectivity index (χ1v) is 10.8. The third-order valence-corrected chi connectivity index (χ3v) is 7.21. The van der Waals surface area contributed by atoms with Gasteiger partial charge in [0.2, 0.25) is 11.8 Å². The molecule has 4 aliphatic rings. The van der Waals surface area contributed by atoms with Gasteiger partial charge < -0.3 is 9.53 Å². The maximum atomic E-state index is 13.9. The number of hydrogen-bond donors (Lipinski definition) is 0. The lowest BCUT2D eigenvalue weighted by molar-refractivity contribution is -0.132. The van der Waals surface area contributed by atoms with E-state index in [1.165, 1.54) is 13.0 Å². The summed E-state index contributed by atoms with van der Waals surface area (Å²) >= 11 is 0. The summed E-state index contributed by atoms with van der Waals surface area (Å²) in [5, 5.41) is 0. The first-order valence-electron chi connectivity index (χ1n) is 10.8. The van der Waals surface area contributed by atoms with E-state index in [9.17, 15) is 19.2 Å². The zero-order valence-electron chi connectivity index (χ0n) is 17.7. The third kappa shape index (κ3) is 2.38. The summed E-state index contributed by atoms with van der Waals surface area (Å²) in [4.78, 5) is 53.2. The van der Waals surface area contributed by atoms with Crippen LogP contribution in [0.5, 0.6) is 5.75 Å². The van der Waals surface area contributed by atoms with Crippen LogP contribution in [0.15, 0.2) is 72.8 Å². The second-order valence-corrected chi connectivity index (χ2v) is 8.75. The number of imide groups is 1. The van der Waals surface area contributed by atoms with Gasteiger partial charge in [-0.2, -0.15) is 0 Å². The zero-order valence-corrected chi connectivity index (χ0v) is 17.7. The predicted octanol–water partition coefficient (Wildman–Crippen LogP) is 3.36. The Labute approximate surface area is 189 Å². The molecule has 0 radical (unpaired) electrons. The van der Waals surface area contributed by atoms with Gasteiger partial charge >= 0.3 is 5.97 Å². The Hall–Kier alpha value is -4.06. The SMILES string of the molecule is CC(=O)Oc1cccc(N2C(=O)[C@@H]3C4c5ccccc5C(C=O)(c5ccccc54)[C@@H]3C2=O)c1. The quantitative estimate of drug-likeness (QED) is 0.272. The predicted molar refractivity (Wildman–Crippen MR) is 119 cm³/mol. The normalized spacial score (nSPS) is 26.5. The number of amides is 2. The van der Waals surface area contributed by atoms with Gasteiger partial charge in [-0.05, 0) is 34.4 Å². The first kappa shape index (κ1) is 19.6. The molecule has 1 fully saturated rings. The van der Waals surface area contributed by atoms with Gasteiger partial charge in [-0.1, -0.05) is 54.6 Å². The van der Waals surface area contributed by atoms with Crippen molar-refractivity contribution in [2.45, 2.75) is 18.3 Å². The highest BCUT2D eigenvalue weighted by Gasteiger charge is 2.68. The molecular weight excluding hydrogens is 418 g/mol. The molecule has 1 heterocycles. The Balaban J connectivity index is 1.57. The van der Waals surface area contributed by atoms with Crippen molar-refractivity contribution in [3.8, 4) is 5.75 Å². The van der Waals surface area contributed by atoms with Gasteiger partial charge in [-0.15, -0.1) is 0 Å². The molecule has 2 bridgehead atoms. The van der Waals surface area contributed by atoms with E-state index in [0.29, 0.717) is 5.69 Å². The molecule has 3 aromatic rings. The molecule has 33 heavy (non-hydrogen) atoms. The van der Waals surface area contributed by atoms with E-state index in [4.69, 9.17) is 4.74 Å². The van der Waals surface area contributed by atoms with Gasteiger partial charge in [0.25, 0.3) is 0 Å². The highest BCUT2D eigenvalue weighted by atomic mass is 16.5. The molecule has 7 rings (SSSR count). The second kappa shape index (κ2) is 6.72. The summed E-state index contributed by atoms with van der Waals surface area (Å²) in [5.41, 5.74) is 2.51. The number of carbonyl (C=O) groups is 4. The van der Waals surface area contributed by atoms with Crippen LogP contribution in [0.25, 0.3) is 0 Å². The molecule has 0 unspecified atom stereocenters. The van der Waals surface area contributed by atoms with Gasteiger partial charge in [-0.3, -0.25) is 14.4 Å². The van der Waals surface area contributed by atoms with E-state index < -0.39 is 29.1 Å². The molecule has 1 saturated heterocycles. The van der Waals surface area contributed by atoms with Crippen molar-refractivity contribution in [3.05, 3.63) is 95.1 Å². The average Bonchev–Trinajstić information content (AvgIpc) is 3.09. The largest absolute Gasteiger partial charge is 0.427 e. The minimum atomic E-state index is -1.23. The van der Waals surface area contributed by atoms with Crippen LogP contribution in [-0.4, -0.2) is 24.1 Å². The van der Waals surface area contributed by atoms with Crippen molar-refractivity contribution in [3.63, 3.8) is 0 Å². The van der Waals surface area contributed by atoms with Crippen molar-refractivity contribution in [2.24, 2.45) is 11.8 Å². The highest BCUT2D eigenvalue weighted by Crippen LogP contribution is 2.63. The number of rotatable bonds is 3. The Kier molecular flexibility index (Phi) is 3.99. The lowest BCUT2D eigenvalue weighted by Gasteiger charge is -2.51. The zero-order chi connectivity index (χ0) is 22.9. The summed E-state index contributed by atoms with van der Waals surface area (Å²) in [6.45, 7) is 1.29. The summed E-state index contributed by atoms with van der Waals surface area (Å²) < 4.78 is 5.16. The van der Waals surface area contributed by atoms with Crippen LogP contribution >= 0.6 is 0 Å². The highest BCUT2D eigenvalue weighted by molar-refractivity contribution is 6.24. The fourth-order valence-corrected chi connectivity index (χ4v) is 6.14. The molecule has 3 aliphatic carbocycles. The van der Waals surface area contributed by atoms with E-state index >= 15 is 0 Å². The van der Waals surface area contributed by atoms with E-state index in [1.807, 2.05) is 48.5 Å². The van der Waals surface area contributed by atoms with E-state index in [0.717, 1.165) is 33.4 Å². The molecule has 2 atom stereocenters. The van der Waals surface area contributed by atoms with Crippen molar-refractivity contribution in [1.82, 2.24) is 0 Å². The molecule has 3 aromatic carbocycles. The minimum Gasteiger partial charge on any atom is -0.427 e. The minimum absolute atomic E-state index is 0.245. The van der Waals surface area contributed by atoms with Gasteiger partial charge in [0.05, 0.1) is 22.9 Å². The molecular formula is C27H19NO5. The van der Waals surface area contributed by atoms with E-state index in [2.05, 4.69) is 0 Å². The Bertz CT molecular complexity index is 1330. The van der Waals surface area contributed by atoms with Crippen LogP contribution < -0.4 is 9.64 Å². The van der Waals surface area contributed by atoms with Gasteiger partial charge in [0.15, 0.2) is 0 Å². The van der Waals surface area contributed by atoms with E-state index in [-0.39, 0.29) is 17.6 Å². The number of hydrogen-bond acceptors (Lipinski definition) is 5. The average molecular weight is 437 g/mol. The molecule has 6 nitrogen and oxygen atoms in total. The lowest BCUT2D eigenvalue weighted by atomic mass is 9.48. The van der Waals surface area contributed by atoms with E-state index in [1.54, 1.807) is 18.2 Å². The maximum absolute atomic E-state index is 13.9. The molecule has 0 N–H and O–H groups in total. The molecule has 6 heteroatoms. The van der Waals surface area contributed by atoms with Crippen LogP contribution in [-0.2, 0) is 24.6 Å². The topological polar surface area (TPSA) is 80.8 Å². The first-order chi connectivity index (χ1) is 16.0. The third-order valence-electron chi connectivity index (χ3n) is 7.21. The van der Waals surface area contributed by atoms with Crippen molar-refractivity contribution < 1.29 is 23.9 Å². The number of benzene rings is 3. The summed E-state index contributed by atoms with van der Waals surface area (Å²) in [5.74, 6) is -2.85. The molecule has 0 spiro atoms. The summed E-state index contributed by atoms with van der Waals surface area (Å²) in [6, 6.07) is 21.6. The van der Waals surface area contributed by atoms with Crippen molar-refractivity contribution in [1.29, 1.82) is 0 Å². The van der Waals surface area contributed by atoms with Crippen molar-refractivity contribution in [2.75, 3.05) is 4.90 Å². The Morgan fingerprint density at radius 3 is 2.15 bits per heavy atom. The standard InChI is InChI=1S/C27H19NO5/c1-15(30)33-17-8-6-7-16(13-17)28-25(31)23-22-18-9-2-4-11-20(18)27(14-29,24(23)26(28)32)21-12-5-3-10-19(21)22/h2-14,22-24H,1H3/t22?,23-,24+,27?/m1/s1. The monoisotopic (exact) mass is 437 g/mol. The van der Waals surface area contributed by atoms with Crippen LogP contribution in [0.1, 0.15) is 35.1 Å². The van der Waals surface area contributed by atoms with Crippen LogP contribution in [0.4, 0.5) is 5.69 Å². The Morgan fingerprint density at radius 2 is 1.55 bits per heavy atom. The number of nitrogens with zero attached hydrogens (tertiary/aromatic N) is 1. The molecule has 0 aromatic heterocycles. The summed E-state index contributed by atoms with van der Waals surface area (Å²) in [6.07, 6.45) is 0.849. The number of ether oxygens (including phenoxy) is 1. The number of anilines is 1. The van der Waals surface area contributed by atoms with Gasteiger partial charge in [0, 0.05) is 18.9 Å². The van der Waals surface area contributed by atoms with Gasteiger partial charge in [0.1, 0.15) is 12.0 Å².